The van der Waals surface area contributed by atoms with Gasteiger partial charge in [0.05, 0.1) is 39.8 Å². The van der Waals surface area contributed by atoms with Gasteiger partial charge in [-0.3, -0.25) is 14.7 Å². The normalized spacial score (nSPS) is 14.2. The minimum Gasteiger partial charge on any atom is -0.501 e. The molecule has 1 aliphatic heterocycles. The molecule has 0 radical (unpaired) electrons. The van der Waals surface area contributed by atoms with Crippen molar-refractivity contribution in [1.29, 1.82) is 0 Å². The minimum absolute atomic E-state index is 0.114. The molecule has 0 bridgehead atoms. The summed E-state index contributed by atoms with van der Waals surface area (Å²) in [4.78, 5) is 32.2. The maximum Gasteiger partial charge on any atom is 0.315 e. The van der Waals surface area contributed by atoms with Crippen LogP contribution in [-0.2, 0) is 11.3 Å². The number of halogens is 2. The molecule has 1 amide bonds. The predicted molar refractivity (Wildman–Crippen MR) is 126 cm³/mol. The van der Waals surface area contributed by atoms with Gasteiger partial charge in [-0.25, -0.2) is 4.98 Å². The van der Waals surface area contributed by atoms with Gasteiger partial charge in [0.25, 0.3) is 5.91 Å². The fourth-order valence-corrected chi connectivity index (χ4v) is 4.23. The van der Waals surface area contributed by atoms with Gasteiger partial charge >= 0.3 is 5.56 Å². The first-order chi connectivity index (χ1) is 15.9. The summed E-state index contributed by atoms with van der Waals surface area (Å²) in [5.74, 6) is -1.42. The zero-order chi connectivity index (χ0) is 23.1. The van der Waals surface area contributed by atoms with Crippen LogP contribution >= 0.6 is 23.2 Å². The number of morpholine rings is 1. The largest absolute Gasteiger partial charge is 0.501 e. The number of H-pyrrole nitrogens is 1. The Labute approximate surface area is 197 Å². The molecular weight excluding hydrogens is 469 g/mol. The van der Waals surface area contributed by atoms with Crippen LogP contribution in [0.15, 0.2) is 41.2 Å². The number of aromatic hydroxyl groups is 1. The number of rotatable bonds is 4. The SMILES string of the molecule is O=C(NCc1ccc(Cl)c(Cl)c1)c1nc2c3c(N4CCOCC4)cccc3[nH]n2c(=O)c1O. The highest BCUT2D eigenvalue weighted by Gasteiger charge is 2.23. The van der Waals surface area contributed by atoms with E-state index in [1.54, 1.807) is 18.2 Å². The summed E-state index contributed by atoms with van der Waals surface area (Å²) in [5, 5.41) is 17.5. The van der Waals surface area contributed by atoms with Gasteiger partial charge in [0.1, 0.15) is 0 Å². The number of hydrogen-bond acceptors (Lipinski definition) is 6. The fraction of sp³-hybridized carbons (Fsp3) is 0.227. The zero-order valence-electron chi connectivity index (χ0n) is 17.3. The Morgan fingerprint density at radius 1 is 1.18 bits per heavy atom. The van der Waals surface area contributed by atoms with Crippen molar-refractivity contribution in [2.45, 2.75) is 6.54 Å². The summed E-state index contributed by atoms with van der Waals surface area (Å²) in [7, 11) is 0. The number of nitrogens with one attached hydrogen (secondary N) is 2. The van der Waals surface area contributed by atoms with Crippen LogP contribution < -0.4 is 15.8 Å². The molecule has 0 saturated carbocycles. The first-order valence-electron chi connectivity index (χ1n) is 10.3. The summed E-state index contributed by atoms with van der Waals surface area (Å²) in [6.45, 7) is 2.68. The number of nitrogens with zero attached hydrogens (tertiary/aromatic N) is 3. The van der Waals surface area contributed by atoms with Crippen molar-refractivity contribution in [2.75, 3.05) is 31.2 Å². The van der Waals surface area contributed by atoms with E-state index in [1.807, 2.05) is 18.2 Å². The zero-order valence-corrected chi connectivity index (χ0v) is 18.8. The van der Waals surface area contributed by atoms with Crippen molar-refractivity contribution < 1.29 is 14.6 Å². The lowest BCUT2D eigenvalue weighted by atomic mass is 10.2. The third kappa shape index (κ3) is 3.88. The molecule has 9 nitrogen and oxygen atoms in total. The number of benzene rings is 2. The van der Waals surface area contributed by atoms with E-state index in [0.29, 0.717) is 52.8 Å². The van der Waals surface area contributed by atoms with Crippen LogP contribution in [0.5, 0.6) is 5.75 Å². The number of aromatic nitrogens is 3. The van der Waals surface area contributed by atoms with Crippen molar-refractivity contribution in [3.63, 3.8) is 0 Å². The number of aromatic amines is 1. The Hall–Kier alpha value is -3.27. The number of hydrogen-bond donors (Lipinski definition) is 3. The predicted octanol–water partition coefficient (Wildman–Crippen LogP) is 2.95. The van der Waals surface area contributed by atoms with Crippen molar-refractivity contribution in [2.24, 2.45) is 0 Å². The highest BCUT2D eigenvalue weighted by Crippen LogP contribution is 2.30. The minimum atomic E-state index is -0.760. The average molecular weight is 488 g/mol. The number of carbonyl (C=O) groups is 1. The molecule has 3 heterocycles. The van der Waals surface area contributed by atoms with Crippen molar-refractivity contribution in [3.8, 4) is 5.75 Å². The van der Waals surface area contributed by atoms with Crippen LogP contribution in [0.2, 0.25) is 10.0 Å². The molecule has 1 aliphatic rings. The number of anilines is 1. The molecule has 2 aromatic heterocycles. The number of ether oxygens (including phenoxy) is 1. The molecule has 0 aliphatic carbocycles. The van der Waals surface area contributed by atoms with Crippen LogP contribution in [-0.4, -0.2) is 51.9 Å². The second-order valence-corrected chi connectivity index (χ2v) is 8.43. The van der Waals surface area contributed by atoms with E-state index < -0.39 is 17.2 Å². The number of amides is 1. The quantitative estimate of drug-likeness (QED) is 0.407. The van der Waals surface area contributed by atoms with E-state index in [4.69, 9.17) is 27.9 Å². The standard InChI is InChI=1S/C22H19Cl2N5O4/c23-13-5-4-12(10-14(13)24)11-25-21(31)18-19(30)22(32)29-20(26-18)17-15(27-29)2-1-3-16(17)28-6-8-33-9-7-28/h1-5,10,27,30H,6-9,11H2,(H,25,31). The molecule has 1 saturated heterocycles. The number of carbonyl (C=O) groups excluding carboxylic acids is 1. The Morgan fingerprint density at radius 3 is 2.73 bits per heavy atom. The molecule has 0 atom stereocenters. The maximum atomic E-state index is 12.9. The summed E-state index contributed by atoms with van der Waals surface area (Å²) in [5.41, 5.74) is 1.39. The monoisotopic (exact) mass is 487 g/mol. The molecular formula is C22H19Cl2N5O4. The van der Waals surface area contributed by atoms with Gasteiger partial charge in [0, 0.05) is 19.6 Å². The highest BCUT2D eigenvalue weighted by atomic mass is 35.5. The van der Waals surface area contributed by atoms with Gasteiger partial charge in [0.2, 0.25) is 5.75 Å². The van der Waals surface area contributed by atoms with Crippen LogP contribution in [0.3, 0.4) is 0 Å². The van der Waals surface area contributed by atoms with Crippen molar-refractivity contribution >= 4 is 51.3 Å². The van der Waals surface area contributed by atoms with E-state index in [1.165, 1.54) is 0 Å². The molecule has 2 aromatic carbocycles. The second-order valence-electron chi connectivity index (χ2n) is 7.62. The summed E-state index contributed by atoms with van der Waals surface area (Å²) >= 11 is 11.9. The number of fused-ring (bicyclic) bond motifs is 3. The van der Waals surface area contributed by atoms with E-state index in [9.17, 15) is 14.7 Å². The Balaban J connectivity index is 1.55. The van der Waals surface area contributed by atoms with Gasteiger partial charge in [-0.2, -0.15) is 4.52 Å². The molecule has 33 heavy (non-hydrogen) atoms. The fourth-order valence-electron chi connectivity index (χ4n) is 3.91. The Bertz CT molecular complexity index is 1440. The van der Waals surface area contributed by atoms with Gasteiger partial charge < -0.3 is 20.1 Å². The third-order valence-corrected chi connectivity index (χ3v) is 6.30. The third-order valence-electron chi connectivity index (χ3n) is 5.56. The van der Waals surface area contributed by atoms with E-state index in [2.05, 4.69) is 20.3 Å². The lowest BCUT2D eigenvalue weighted by Gasteiger charge is -2.29. The molecule has 3 N–H and O–H groups in total. The Kier molecular flexibility index (Phi) is 5.61. The smallest absolute Gasteiger partial charge is 0.315 e. The van der Waals surface area contributed by atoms with Crippen LogP contribution in [0.4, 0.5) is 5.69 Å². The highest BCUT2D eigenvalue weighted by molar-refractivity contribution is 6.42. The summed E-state index contributed by atoms with van der Waals surface area (Å²) in [6.07, 6.45) is 0. The summed E-state index contributed by atoms with van der Waals surface area (Å²) < 4.78 is 6.60. The van der Waals surface area contributed by atoms with Gasteiger partial charge in [-0.1, -0.05) is 35.3 Å². The van der Waals surface area contributed by atoms with E-state index in [0.717, 1.165) is 10.2 Å². The summed E-state index contributed by atoms with van der Waals surface area (Å²) in [6, 6.07) is 10.6. The van der Waals surface area contributed by atoms with Gasteiger partial charge in [0.15, 0.2) is 11.3 Å². The van der Waals surface area contributed by atoms with Crippen molar-refractivity contribution in [3.05, 3.63) is 68.1 Å². The molecule has 11 heteroatoms. The molecule has 0 spiro atoms. The van der Waals surface area contributed by atoms with Crippen molar-refractivity contribution in [1.82, 2.24) is 19.9 Å². The molecule has 1 fully saturated rings. The van der Waals surface area contributed by atoms with E-state index >= 15 is 0 Å². The Morgan fingerprint density at radius 2 is 1.97 bits per heavy atom. The molecule has 170 valence electrons. The maximum absolute atomic E-state index is 12.9. The van der Waals surface area contributed by atoms with Crippen LogP contribution in [0.25, 0.3) is 16.6 Å². The molecule has 4 aromatic rings. The van der Waals surface area contributed by atoms with E-state index in [-0.39, 0.29) is 17.9 Å². The average Bonchev–Trinajstić information content (AvgIpc) is 3.21. The molecule has 0 unspecified atom stereocenters. The topological polar surface area (TPSA) is 112 Å². The lowest BCUT2D eigenvalue weighted by molar-refractivity contribution is 0.0942. The first-order valence-corrected chi connectivity index (χ1v) is 11.0. The second kappa shape index (κ2) is 8.58. The van der Waals surface area contributed by atoms with Crippen LogP contribution in [0.1, 0.15) is 16.1 Å². The van der Waals surface area contributed by atoms with Gasteiger partial charge in [-0.15, -0.1) is 0 Å². The van der Waals surface area contributed by atoms with Crippen LogP contribution in [0, 0.1) is 0 Å². The molecule has 5 rings (SSSR count). The first kappa shape index (κ1) is 21.6. The lowest BCUT2D eigenvalue weighted by Crippen LogP contribution is -2.36. The van der Waals surface area contributed by atoms with Gasteiger partial charge in [-0.05, 0) is 29.8 Å².